The number of ketones is 1. The van der Waals surface area contributed by atoms with E-state index < -0.39 is 0 Å². The van der Waals surface area contributed by atoms with Crippen LogP contribution in [0, 0.1) is 6.92 Å². The summed E-state index contributed by atoms with van der Waals surface area (Å²) < 4.78 is 15.5. The lowest BCUT2D eigenvalue weighted by atomic mass is 9.89. The number of halogens is 1. The van der Waals surface area contributed by atoms with Crippen molar-refractivity contribution in [2.75, 3.05) is 61.7 Å². The van der Waals surface area contributed by atoms with E-state index in [4.69, 9.17) is 9.47 Å². The van der Waals surface area contributed by atoms with E-state index in [1.165, 1.54) is 11.1 Å². The predicted molar refractivity (Wildman–Crippen MR) is 203 cm³/mol. The second kappa shape index (κ2) is 16.6. The van der Waals surface area contributed by atoms with E-state index in [1.807, 2.05) is 18.2 Å². The third kappa shape index (κ3) is 7.88. The molecule has 0 bridgehead atoms. The summed E-state index contributed by atoms with van der Waals surface area (Å²) in [5.74, 6) is 1.63. The number of aliphatic hydroxyl groups is 2. The summed E-state index contributed by atoms with van der Waals surface area (Å²) in [6.07, 6.45) is 4.08. The van der Waals surface area contributed by atoms with Gasteiger partial charge in [-0.2, -0.15) is 4.57 Å². The zero-order chi connectivity index (χ0) is 34.3. The third-order valence-electron chi connectivity index (χ3n) is 8.38. The van der Waals surface area contributed by atoms with Gasteiger partial charge in [0.1, 0.15) is 17.1 Å². The van der Waals surface area contributed by atoms with Gasteiger partial charge in [0.15, 0.2) is 12.3 Å². The average Bonchev–Trinajstić information content (AvgIpc) is 3.59. The van der Waals surface area contributed by atoms with Crippen molar-refractivity contribution in [1.29, 1.82) is 0 Å². The van der Waals surface area contributed by atoms with E-state index >= 15 is 0 Å². The van der Waals surface area contributed by atoms with E-state index in [1.54, 1.807) is 23.1 Å². The number of hydrogen-bond acceptors (Lipinski definition) is 9. The van der Waals surface area contributed by atoms with E-state index in [-0.39, 0.29) is 32.2 Å². The molecule has 0 atom stereocenters. The number of fused-ring (bicyclic) bond motifs is 2. The lowest BCUT2D eigenvalue weighted by Crippen LogP contribution is -2.38. The summed E-state index contributed by atoms with van der Waals surface area (Å²) in [4.78, 5) is 19.8. The van der Waals surface area contributed by atoms with Crippen LogP contribution in [0.3, 0.4) is 0 Å². The molecule has 2 aliphatic rings. The highest BCUT2D eigenvalue weighted by Crippen LogP contribution is 2.46. The number of thiazole rings is 1. The van der Waals surface area contributed by atoms with Gasteiger partial charge < -0.3 is 29.5 Å². The Morgan fingerprint density at radius 2 is 1.69 bits per heavy atom. The molecule has 1 aromatic heterocycles. The summed E-state index contributed by atoms with van der Waals surface area (Å²) in [7, 11) is 0. The van der Waals surface area contributed by atoms with Crippen molar-refractivity contribution in [2.45, 2.75) is 26.9 Å². The number of nitrogens with zero attached hydrogens (tertiary/aromatic N) is 3. The van der Waals surface area contributed by atoms with Crippen molar-refractivity contribution in [3.63, 3.8) is 0 Å². The van der Waals surface area contributed by atoms with Gasteiger partial charge in [-0.15, -0.1) is 11.8 Å². The Balaban J connectivity index is 1.42. The molecule has 4 aromatic rings. The molecule has 0 fully saturated rings. The molecule has 0 saturated heterocycles. The lowest BCUT2D eigenvalue weighted by Gasteiger charge is -2.28. The number of carbonyl (C=O) groups is 1. The standard InChI is InChI=1S/C38H41BrN3O5S2/c1-3-40-33-21-26(2)9-11-31(33)42(25-27-7-5-4-6-8-27)35(40)23-29-37(45)30(38(29)48-20-19-47-18-15-44)24-36-41(13-16-46-17-14-43)32-12-10-28(39)22-34(32)49-36/h4-12,21-24,43-44H,3,13-20,25H2,1-2H3/q+1. The molecule has 2 N–H and O–H groups in total. The Hall–Kier alpha value is -3.29. The van der Waals surface area contributed by atoms with Crippen LogP contribution in [0.15, 0.2) is 99.2 Å². The first-order valence-corrected chi connectivity index (χ1v) is 19.1. The number of aliphatic hydroxyl groups excluding tert-OH is 2. The maximum Gasteiger partial charge on any atom is 0.263 e. The molecule has 8 nitrogen and oxygen atoms in total. The van der Waals surface area contributed by atoms with E-state index in [0.29, 0.717) is 43.2 Å². The maximum absolute atomic E-state index is 14.2. The van der Waals surface area contributed by atoms with Crippen LogP contribution < -0.4 is 14.4 Å². The number of anilines is 2. The first-order chi connectivity index (χ1) is 23.9. The van der Waals surface area contributed by atoms with Gasteiger partial charge in [-0.1, -0.05) is 63.7 Å². The van der Waals surface area contributed by atoms with Crippen LogP contribution in [0.1, 0.15) is 23.1 Å². The van der Waals surface area contributed by atoms with Crippen molar-refractivity contribution in [1.82, 2.24) is 0 Å². The molecule has 256 valence electrons. The van der Waals surface area contributed by atoms with Crippen LogP contribution in [-0.4, -0.2) is 67.9 Å². The molecule has 0 saturated carbocycles. The summed E-state index contributed by atoms with van der Waals surface area (Å²) in [5.41, 5.74) is 7.07. The zero-order valence-corrected chi connectivity index (χ0v) is 31.0. The van der Waals surface area contributed by atoms with Crippen molar-refractivity contribution < 1.29 is 29.0 Å². The topological polar surface area (TPSA) is 86.4 Å². The quantitative estimate of drug-likeness (QED) is 0.0749. The molecule has 0 amide bonds. The fraction of sp³-hybridized carbons (Fsp3) is 0.316. The molecule has 0 radical (unpaired) electrons. The lowest BCUT2D eigenvalue weighted by molar-refractivity contribution is -0.670. The number of allylic oxidation sites excluding steroid dienone is 3. The smallest absolute Gasteiger partial charge is 0.263 e. The van der Waals surface area contributed by atoms with Crippen LogP contribution >= 0.6 is 39.0 Å². The van der Waals surface area contributed by atoms with Gasteiger partial charge in [-0.25, -0.2) is 0 Å². The Morgan fingerprint density at radius 1 is 0.918 bits per heavy atom. The number of aryl methyl sites for hydroxylation is 1. The van der Waals surface area contributed by atoms with Gasteiger partial charge in [0, 0.05) is 51.5 Å². The summed E-state index contributed by atoms with van der Waals surface area (Å²) in [6, 6.07) is 23.1. The minimum atomic E-state index is -0.0258. The Labute approximate surface area is 304 Å². The van der Waals surface area contributed by atoms with E-state index in [0.717, 1.165) is 48.3 Å². The van der Waals surface area contributed by atoms with Crippen molar-refractivity contribution in [3.8, 4) is 0 Å². The molecule has 11 heteroatoms. The van der Waals surface area contributed by atoms with Crippen LogP contribution in [0.5, 0.6) is 0 Å². The number of thioether (sulfide) groups is 1. The Bertz CT molecular complexity index is 1910. The summed E-state index contributed by atoms with van der Waals surface area (Å²) in [6.45, 7) is 7.69. The molecule has 1 aliphatic carbocycles. The molecule has 2 heterocycles. The van der Waals surface area contributed by atoms with Crippen LogP contribution in [-0.2, 0) is 27.4 Å². The number of Topliss-reactive ketones (excluding diaryl/α,β-unsaturated/α-hetero) is 1. The third-order valence-corrected chi connectivity index (χ3v) is 11.1. The van der Waals surface area contributed by atoms with Gasteiger partial charge >= 0.3 is 0 Å². The summed E-state index contributed by atoms with van der Waals surface area (Å²) in [5, 5.41) is 19.4. The molecule has 6 rings (SSSR count). The molecular formula is C38H41BrN3O5S2+. The van der Waals surface area contributed by atoms with Gasteiger partial charge in [-0.3, -0.25) is 4.79 Å². The maximum atomic E-state index is 14.2. The molecule has 49 heavy (non-hydrogen) atoms. The highest BCUT2D eigenvalue weighted by molar-refractivity contribution is 9.10. The van der Waals surface area contributed by atoms with Crippen molar-refractivity contribution >= 4 is 72.5 Å². The number of hydrogen-bond donors (Lipinski definition) is 2. The van der Waals surface area contributed by atoms with E-state index in [2.05, 4.69) is 105 Å². The fourth-order valence-electron chi connectivity index (χ4n) is 6.10. The largest absolute Gasteiger partial charge is 0.394 e. The SMILES string of the molecule is CCN1/C(=C/C2=C(SCCOCCO)C(=C\c3sc4cc(Br)ccc4[n+]3CCOCCO)/C2=O)N(Cc2ccccc2)c2ccc(C)cc21. The molecular weight excluding hydrogens is 722 g/mol. The van der Waals surface area contributed by atoms with Crippen LogP contribution in [0.25, 0.3) is 16.3 Å². The predicted octanol–water partition coefficient (Wildman–Crippen LogP) is 6.62. The average molecular weight is 764 g/mol. The molecule has 1 aliphatic heterocycles. The van der Waals surface area contributed by atoms with Gasteiger partial charge in [0.2, 0.25) is 5.52 Å². The van der Waals surface area contributed by atoms with E-state index in [9.17, 15) is 15.0 Å². The number of benzene rings is 3. The number of rotatable bonds is 16. The van der Waals surface area contributed by atoms with Crippen molar-refractivity contribution in [2.24, 2.45) is 0 Å². The Morgan fingerprint density at radius 3 is 2.45 bits per heavy atom. The number of aromatic nitrogens is 1. The zero-order valence-electron chi connectivity index (χ0n) is 27.7. The first-order valence-electron chi connectivity index (χ1n) is 16.5. The first kappa shape index (κ1) is 35.5. The second-order valence-electron chi connectivity index (χ2n) is 11.7. The molecule has 0 unspecified atom stereocenters. The fourth-order valence-corrected chi connectivity index (χ4v) is 8.81. The van der Waals surface area contributed by atoms with Crippen LogP contribution in [0.4, 0.5) is 11.4 Å². The number of ether oxygens (including phenoxy) is 2. The minimum Gasteiger partial charge on any atom is -0.394 e. The highest BCUT2D eigenvalue weighted by atomic mass is 79.9. The molecule has 0 spiro atoms. The van der Waals surface area contributed by atoms with Gasteiger partial charge in [0.25, 0.3) is 5.01 Å². The number of carbonyl (C=O) groups excluding carboxylic acids is 1. The Kier molecular flexibility index (Phi) is 12.0. The second-order valence-corrected chi connectivity index (χ2v) is 14.7. The van der Waals surface area contributed by atoms with Gasteiger partial charge in [0.05, 0.1) is 44.4 Å². The van der Waals surface area contributed by atoms with Crippen molar-refractivity contribution in [3.05, 3.63) is 115 Å². The minimum absolute atomic E-state index is 0.0100. The van der Waals surface area contributed by atoms with Gasteiger partial charge in [-0.05, 0) is 55.3 Å². The highest BCUT2D eigenvalue weighted by Gasteiger charge is 2.38. The summed E-state index contributed by atoms with van der Waals surface area (Å²) >= 11 is 6.85. The van der Waals surface area contributed by atoms with Crippen LogP contribution in [0.2, 0.25) is 0 Å². The normalized spacial score (nSPS) is 16.1. The monoisotopic (exact) mass is 762 g/mol. The molecule has 3 aromatic carbocycles.